The van der Waals surface area contributed by atoms with E-state index in [1.165, 1.54) is 12.1 Å². The second kappa shape index (κ2) is 5.79. The highest BCUT2D eigenvalue weighted by atomic mass is 32.2. The van der Waals surface area contributed by atoms with Crippen LogP contribution in [-0.4, -0.2) is 33.7 Å². The zero-order valence-corrected chi connectivity index (χ0v) is 10.5. The van der Waals surface area contributed by atoms with Crippen LogP contribution in [0.5, 0.6) is 0 Å². The van der Waals surface area contributed by atoms with Crippen LogP contribution in [-0.2, 0) is 21.1 Å². The average Bonchev–Trinajstić information content (AvgIpc) is 2.26. The van der Waals surface area contributed by atoms with Crippen LogP contribution in [0.25, 0.3) is 0 Å². The summed E-state index contributed by atoms with van der Waals surface area (Å²) >= 11 is 0. The Balaban J connectivity index is 2.66. The average molecular weight is 256 g/mol. The fourth-order valence-electron chi connectivity index (χ4n) is 1.31. The topological polar surface area (TPSA) is 89.3 Å². The monoisotopic (exact) mass is 256 g/mol. The maximum atomic E-state index is 11.4. The summed E-state index contributed by atoms with van der Waals surface area (Å²) in [6.45, 7) is 0.846. The van der Waals surface area contributed by atoms with Gasteiger partial charge in [0, 0.05) is 19.3 Å². The summed E-state index contributed by atoms with van der Waals surface area (Å²) < 4.78 is 22.4. The molecule has 0 radical (unpaired) electrons. The van der Waals surface area contributed by atoms with Gasteiger partial charge in [-0.3, -0.25) is 4.79 Å². The van der Waals surface area contributed by atoms with Crippen LogP contribution >= 0.6 is 0 Å². The Bertz CT molecular complexity index is 480. The van der Waals surface area contributed by atoms with Crippen molar-refractivity contribution >= 4 is 15.7 Å². The van der Waals surface area contributed by atoms with Gasteiger partial charge in [-0.05, 0) is 17.7 Å². The van der Waals surface area contributed by atoms with Crippen molar-refractivity contribution in [3.05, 3.63) is 29.8 Å². The number of hydrogen-bond donors (Lipinski definition) is 2. The molecule has 6 heteroatoms. The van der Waals surface area contributed by atoms with E-state index in [9.17, 15) is 13.2 Å². The van der Waals surface area contributed by atoms with Crippen molar-refractivity contribution in [3.8, 4) is 0 Å². The molecule has 0 spiro atoms. The van der Waals surface area contributed by atoms with Gasteiger partial charge in [0.2, 0.25) is 5.91 Å². The molecule has 1 aromatic rings. The predicted octanol–water partition coefficient (Wildman–Crippen LogP) is -0.292. The van der Waals surface area contributed by atoms with E-state index in [0.29, 0.717) is 13.1 Å². The molecule has 0 saturated carbocycles. The molecule has 1 rings (SSSR count). The zero-order valence-electron chi connectivity index (χ0n) is 9.64. The summed E-state index contributed by atoms with van der Waals surface area (Å²) in [5.41, 5.74) is 6.03. The Hall–Kier alpha value is -1.40. The number of carbonyl (C=O) groups is 1. The lowest BCUT2D eigenvalue weighted by Gasteiger charge is -2.04. The Morgan fingerprint density at radius 2 is 1.88 bits per heavy atom. The van der Waals surface area contributed by atoms with E-state index in [0.717, 1.165) is 11.8 Å². The molecule has 1 aromatic carbocycles. The Labute approximate surface area is 101 Å². The third-order valence-electron chi connectivity index (χ3n) is 2.18. The third kappa shape index (κ3) is 4.54. The van der Waals surface area contributed by atoms with E-state index in [4.69, 9.17) is 5.73 Å². The highest BCUT2D eigenvalue weighted by Crippen LogP contribution is 2.10. The maximum absolute atomic E-state index is 11.4. The number of benzene rings is 1. The maximum Gasteiger partial charge on any atom is 0.224 e. The molecule has 0 saturated heterocycles. The lowest BCUT2D eigenvalue weighted by Crippen LogP contribution is -2.30. The Morgan fingerprint density at radius 1 is 1.29 bits per heavy atom. The summed E-state index contributed by atoms with van der Waals surface area (Å²) in [6.07, 6.45) is 1.38. The Kier molecular flexibility index (Phi) is 4.65. The second-order valence-electron chi connectivity index (χ2n) is 3.73. The van der Waals surface area contributed by atoms with Crippen molar-refractivity contribution in [2.45, 2.75) is 11.3 Å². The first-order valence-electron chi connectivity index (χ1n) is 5.19. The molecule has 0 aliphatic rings. The van der Waals surface area contributed by atoms with Gasteiger partial charge >= 0.3 is 0 Å². The standard InChI is InChI=1S/C11H16N2O3S/c1-17(15,16)10-4-2-9(3-5-10)8-11(14)13-7-6-12/h2-5H,6-8,12H2,1H3,(H,13,14). The van der Waals surface area contributed by atoms with Crippen molar-refractivity contribution in [2.24, 2.45) is 5.73 Å². The minimum atomic E-state index is -3.18. The van der Waals surface area contributed by atoms with E-state index in [1.54, 1.807) is 12.1 Å². The van der Waals surface area contributed by atoms with Crippen LogP contribution in [0, 0.1) is 0 Å². The van der Waals surface area contributed by atoms with Crippen LogP contribution in [0.1, 0.15) is 5.56 Å². The van der Waals surface area contributed by atoms with Gasteiger partial charge in [0.05, 0.1) is 11.3 Å². The molecular formula is C11H16N2O3S. The van der Waals surface area contributed by atoms with Crippen LogP contribution in [0.15, 0.2) is 29.2 Å². The van der Waals surface area contributed by atoms with Crippen LogP contribution in [0.3, 0.4) is 0 Å². The second-order valence-corrected chi connectivity index (χ2v) is 5.75. The molecule has 0 heterocycles. The molecule has 0 fully saturated rings. The number of rotatable bonds is 5. The molecular weight excluding hydrogens is 240 g/mol. The number of nitrogens with one attached hydrogen (secondary N) is 1. The third-order valence-corrected chi connectivity index (χ3v) is 3.31. The van der Waals surface area contributed by atoms with Crippen LogP contribution in [0.2, 0.25) is 0 Å². The number of amides is 1. The van der Waals surface area contributed by atoms with Crippen molar-refractivity contribution in [3.63, 3.8) is 0 Å². The fourth-order valence-corrected chi connectivity index (χ4v) is 1.94. The summed E-state index contributed by atoms with van der Waals surface area (Å²) in [4.78, 5) is 11.6. The first-order chi connectivity index (χ1) is 7.93. The van der Waals surface area contributed by atoms with Gasteiger partial charge in [-0.15, -0.1) is 0 Å². The first kappa shape index (κ1) is 13.7. The molecule has 0 aliphatic carbocycles. The number of carbonyl (C=O) groups excluding carboxylic acids is 1. The Morgan fingerprint density at radius 3 is 2.35 bits per heavy atom. The highest BCUT2D eigenvalue weighted by Gasteiger charge is 2.07. The molecule has 0 atom stereocenters. The minimum absolute atomic E-state index is 0.123. The highest BCUT2D eigenvalue weighted by molar-refractivity contribution is 7.90. The number of sulfone groups is 1. The largest absolute Gasteiger partial charge is 0.355 e. The molecule has 5 nitrogen and oxygen atoms in total. The number of hydrogen-bond acceptors (Lipinski definition) is 4. The molecule has 0 aliphatic heterocycles. The SMILES string of the molecule is CS(=O)(=O)c1ccc(CC(=O)NCCN)cc1. The van der Waals surface area contributed by atoms with Crippen molar-refractivity contribution in [2.75, 3.05) is 19.3 Å². The summed E-state index contributed by atoms with van der Waals surface area (Å²) in [6, 6.07) is 6.28. The van der Waals surface area contributed by atoms with Gasteiger partial charge in [-0.1, -0.05) is 12.1 Å². The summed E-state index contributed by atoms with van der Waals surface area (Å²) in [7, 11) is -3.18. The first-order valence-corrected chi connectivity index (χ1v) is 7.08. The summed E-state index contributed by atoms with van der Waals surface area (Å²) in [5, 5.41) is 2.64. The predicted molar refractivity (Wildman–Crippen MR) is 65.3 cm³/mol. The van der Waals surface area contributed by atoms with E-state index >= 15 is 0 Å². The minimum Gasteiger partial charge on any atom is -0.355 e. The number of nitrogens with two attached hydrogens (primary N) is 1. The van der Waals surface area contributed by atoms with Gasteiger partial charge in [0.15, 0.2) is 9.84 Å². The smallest absolute Gasteiger partial charge is 0.224 e. The molecule has 17 heavy (non-hydrogen) atoms. The van der Waals surface area contributed by atoms with Gasteiger partial charge < -0.3 is 11.1 Å². The molecule has 0 unspecified atom stereocenters. The van der Waals surface area contributed by atoms with Gasteiger partial charge in [0.25, 0.3) is 0 Å². The molecule has 0 aromatic heterocycles. The van der Waals surface area contributed by atoms with E-state index in [1.807, 2.05) is 0 Å². The molecule has 3 N–H and O–H groups in total. The van der Waals surface area contributed by atoms with E-state index in [-0.39, 0.29) is 17.2 Å². The fraction of sp³-hybridized carbons (Fsp3) is 0.364. The lowest BCUT2D eigenvalue weighted by atomic mass is 10.1. The van der Waals surface area contributed by atoms with Crippen molar-refractivity contribution in [1.29, 1.82) is 0 Å². The summed E-state index contributed by atoms with van der Waals surface area (Å²) in [5.74, 6) is -0.123. The van der Waals surface area contributed by atoms with Gasteiger partial charge in [-0.2, -0.15) is 0 Å². The lowest BCUT2D eigenvalue weighted by molar-refractivity contribution is -0.120. The quantitative estimate of drug-likeness (QED) is 0.757. The van der Waals surface area contributed by atoms with E-state index in [2.05, 4.69) is 5.32 Å². The van der Waals surface area contributed by atoms with Crippen LogP contribution in [0.4, 0.5) is 0 Å². The molecule has 94 valence electrons. The van der Waals surface area contributed by atoms with Crippen molar-refractivity contribution in [1.82, 2.24) is 5.32 Å². The molecule has 0 bridgehead atoms. The van der Waals surface area contributed by atoms with Crippen molar-refractivity contribution < 1.29 is 13.2 Å². The van der Waals surface area contributed by atoms with E-state index < -0.39 is 9.84 Å². The normalized spacial score (nSPS) is 11.2. The zero-order chi connectivity index (χ0) is 12.9. The van der Waals surface area contributed by atoms with Gasteiger partial charge in [0.1, 0.15) is 0 Å². The van der Waals surface area contributed by atoms with Crippen LogP contribution < -0.4 is 11.1 Å². The molecule has 1 amide bonds. The van der Waals surface area contributed by atoms with Gasteiger partial charge in [-0.25, -0.2) is 8.42 Å².